The number of carbonyl (C=O) groups is 3. The summed E-state index contributed by atoms with van der Waals surface area (Å²) < 4.78 is 9.81. The monoisotopic (exact) mass is 294 g/mol. The van der Waals surface area contributed by atoms with E-state index in [4.69, 9.17) is 9.15 Å². The zero-order valence-electron chi connectivity index (χ0n) is 11.8. The van der Waals surface area contributed by atoms with E-state index in [2.05, 4.69) is 10.6 Å². The fraction of sp³-hybridized carbons (Fsp3) is 0.500. The molecule has 1 aromatic rings. The molecule has 1 heterocycles. The second kappa shape index (κ2) is 6.92. The van der Waals surface area contributed by atoms with Crippen molar-refractivity contribution in [2.24, 2.45) is 0 Å². The van der Waals surface area contributed by atoms with Crippen LogP contribution in [-0.2, 0) is 9.53 Å². The van der Waals surface area contributed by atoms with Crippen molar-refractivity contribution >= 4 is 17.9 Å². The number of carbonyl (C=O) groups excluding carboxylic acids is 3. The van der Waals surface area contributed by atoms with Crippen molar-refractivity contribution in [3.63, 3.8) is 0 Å². The minimum atomic E-state index is -0.741. The Morgan fingerprint density at radius 2 is 2.00 bits per heavy atom. The Morgan fingerprint density at radius 3 is 2.62 bits per heavy atom. The van der Waals surface area contributed by atoms with Crippen molar-refractivity contribution in [3.8, 4) is 0 Å². The first kappa shape index (κ1) is 15.1. The van der Waals surface area contributed by atoms with Gasteiger partial charge >= 0.3 is 12.0 Å². The quantitative estimate of drug-likeness (QED) is 0.820. The lowest BCUT2D eigenvalue weighted by Crippen LogP contribution is -2.44. The maximum atomic E-state index is 11.5. The van der Waals surface area contributed by atoms with E-state index >= 15 is 0 Å². The van der Waals surface area contributed by atoms with Crippen LogP contribution < -0.4 is 10.6 Å². The Labute approximate surface area is 122 Å². The van der Waals surface area contributed by atoms with Crippen LogP contribution in [0.25, 0.3) is 0 Å². The van der Waals surface area contributed by atoms with Crippen LogP contribution in [0.15, 0.2) is 16.5 Å². The predicted octanol–water partition coefficient (Wildman–Crippen LogP) is 1.51. The topological polar surface area (TPSA) is 97.6 Å². The largest absolute Gasteiger partial charge is 0.454 e. The highest BCUT2D eigenvalue weighted by atomic mass is 16.5. The van der Waals surface area contributed by atoms with Crippen molar-refractivity contribution in [2.75, 3.05) is 6.61 Å². The number of urea groups is 1. The highest BCUT2D eigenvalue weighted by molar-refractivity contribution is 5.96. The summed E-state index contributed by atoms with van der Waals surface area (Å²) in [5.41, 5.74) is 0. The number of furan rings is 1. The highest BCUT2D eigenvalue weighted by Crippen LogP contribution is 2.17. The zero-order valence-corrected chi connectivity index (χ0v) is 11.8. The lowest BCUT2D eigenvalue weighted by Gasteiger charge is -2.12. The molecule has 7 nitrogen and oxygen atoms in total. The fourth-order valence-electron chi connectivity index (χ4n) is 2.20. The molecule has 0 bridgehead atoms. The van der Waals surface area contributed by atoms with Crippen LogP contribution in [0.3, 0.4) is 0 Å². The van der Waals surface area contributed by atoms with Gasteiger partial charge < -0.3 is 14.5 Å². The number of amides is 3. The van der Waals surface area contributed by atoms with Gasteiger partial charge in [-0.1, -0.05) is 12.8 Å². The molecule has 1 aliphatic rings. The molecule has 114 valence electrons. The summed E-state index contributed by atoms with van der Waals surface area (Å²) in [5.74, 6) is -0.824. The number of esters is 1. The van der Waals surface area contributed by atoms with E-state index in [1.54, 1.807) is 13.0 Å². The van der Waals surface area contributed by atoms with Gasteiger partial charge in [0.15, 0.2) is 6.61 Å². The van der Waals surface area contributed by atoms with Gasteiger partial charge in [-0.2, -0.15) is 0 Å². The number of hydrogen-bond donors (Lipinski definition) is 2. The molecule has 0 aromatic carbocycles. The van der Waals surface area contributed by atoms with Crippen LogP contribution in [0.2, 0.25) is 0 Å². The van der Waals surface area contributed by atoms with Gasteiger partial charge in [0.1, 0.15) is 5.76 Å². The maximum absolute atomic E-state index is 11.5. The molecule has 1 aliphatic carbocycles. The second-order valence-corrected chi connectivity index (χ2v) is 4.99. The summed E-state index contributed by atoms with van der Waals surface area (Å²) in [6.07, 6.45) is 4.01. The summed E-state index contributed by atoms with van der Waals surface area (Å²) in [7, 11) is 0. The van der Waals surface area contributed by atoms with E-state index < -0.39 is 24.5 Å². The highest BCUT2D eigenvalue weighted by Gasteiger charge is 2.19. The molecule has 1 fully saturated rings. The van der Waals surface area contributed by atoms with E-state index in [1.165, 1.54) is 6.07 Å². The molecule has 1 aromatic heterocycles. The fourth-order valence-corrected chi connectivity index (χ4v) is 2.20. The van der Waals surface area contributed by atoms with Gasteiger partial charge in [0.05, 0.1) is 0 Å². The third-order valence-electron chi connectivity index (χ3n) is 3.22. The molecule has 0 radical (unpaired) electrons. The van der Waals surface area contributed by atoms with Crippen LogP contribution >= 0.6 is 0 Å². The standard InChI is InChI=1S/C14H18N2O5/c1-9-6-7-11(21-9)13(18)20-8-12(17)16-14(19)15-10-4-2-3-5-10/h6-7,10H,2-5,8H2,1H3,(H2,15,16,17,19). The zero-order chi connectivity index (χ0) is 15.2. The van der Waals surface area contributed by atoms with Crippen molar-refractivity contribution in [3.05, 3.63) is 23.7 Å². The summed E-state index contributed by atoms with van der Waals surface area (Å²) in [5, 5.41) is 4.82. The molecule has 2 N–H and O–H groups in total. The molecule has 0 saturated heterocycles. The summed E-state index contributed by atoms with van der Waals surface area (Å²) in [4.78, 5) is 34.5. The van der Waals surface area contributed by atoms with Crippen molar-refractivity contribution in [2.45, 2.75) is 38.6 Å². The minimum Gasteiger partial charge on any atom is -0.454 e. The molecule has 0 atom stereocenters. The summed E-state index contributed by atoms with van der Waals surface area (Å²) in [6.45, 7) is 1.16. The van der Waals surface area contributed by atoms with Crippen LogP contribution in [0.4, 0.5) is 4.79 Å². The average molecular weight is 294 g/mol. The van der Waals surface area contributed by atoms with Gasteiger partial charge in [0.25, 0.3) is 5.91 Å². The second-order valence-electron chi connectivity index (χ2n) is 4.99. The Hall–Kier alpha value is -2.31. The number of imide groups is 1. The number of hydrogen-bond acceptors (Lipinski definition) is 5. The van der Waals surface area contributed by atoms with E-state index in [9.17, 15) is 14.4 Å². The lowest BCUT2D eigenvalue weighted by molar-refractivity contribution is -0.123. The Balaban J connectivity index is 1.69. The molecule has 7 heteroatoms. The average Bonchev–Trinajstić information content (AvgIpc) is 3.07. The molecule has 3 amide bonds. The first-order chi connectivity index (χ1) is 10.0. The predicted molar refractivity (Wildman–Crippen MR) is 72.7 cm³/mol. The molecule has 0 unspecified atom stereocenters. The number of nitrogens with one attached hydrogen (secondary N) is 2. The van der Waals surface area contributed by atoms with Gasteiger partial charge in [-0.15, -0.1) is 0 Å². The number of ether oxygens (including phenoxy) is 1. The SMILES string of the molecule is Cc1ccc(C(=O)OCC(=O)NC(=O)NC2CCCC2)o1. The lowest BCUT2D eigenvalue weighted by atomic mass is 10.2. The van der Waals surface area contributed by atoms with Crippen LogP contribution in [0.5, 0.6) is 0 Å². The van der Waals surface area contributed by atoms with Gasteiger partial charge in [0, 0.05) is 6.04 Å². The van der Waals surface area contributed by atoms with Crippen LogP contribution in [0.1, 0.15) is 42.0 Å². The number of aryl methyl sites for hydroxylation is 1. The van der Waals surface area contributed by atoms with E-state index in [1.807, 2.05) is 0 Å². The van der Waals surface area contributed by atoms with E-state index in [-0.39, 0.29) is 11.8 Å². The van der Waals surface area contributed by atoms with Gasteiger partial charge in [-0.3, -0.25) is 10.1 Å². The Morgan fingerprint density at radius 1 is 1.29 bits per heavy atom. The summed E-state index contributed by atoms with van der Waals surface area (Å²) >= 11 is 0. The maximum Gasteiger partial charge on any atom is 0.374 e. The van der Waals surface area contributed by atoms with Gasteiger partial charge in [-0.25, -0.2) is 9.59 Å². The van der Waals surface area contributed by atoms with Gasteiger partial charge in [-0.05, 0) is 31.9 Å². The van der Waals surface area contributed by atoms with E-state index in [0.717, 1.165) is 25.7 Å². The first-order valence-electron chi connectivity index (χ1n) is 6.88. The molecule has 21 heavy (non-hydrogen) atoms. The minimum absolute atomic E-state index is 0.0238. The van der Waals surface area contributed by atoms with Crippen molar-refractivity contribution in [1.82, 2.24) is 10.6 Å². The third kappa shape index (κ3) is 4.62. The van der Waals surface area contributed by atoms with Gasteiger partial charge in [0.2, 0.25) is 5.76 Å². The van der Waals surface area contributed by atoms with E-state index in [0.29, 0.717) is 5.76 Å². The molecule has 2 rings (SSSR count). The summed E-state index contributed by atoms with van der Waals surface area (Å²) in [6, 6.07) is 2.64. The molecular weight excluding hydrogens is 276 g/mol. The molecule has 1 saturated carbocycles. The smallest absolute Gasteiger partial charge is 0.374 e. The van der Waals surface area contributed by atoms with Crippen LogP contribution in [0, 0.1) is 6.92 Å². The first-order valence-corrected chi connectivity index (χ1v) is 6.88. The molecular formula is C14H18N2O5. The van der Waals surface area contributed by atoms with Crippen molar-refractivity contribution < 1.29 is 23.5 Å². The third-order valence-corrected chi connectivity index (χ3v) is 3.22. The Bertz CT molecular complexity index is 531. The van der Waals surface area contributed by atoms with Crippen molar-refractivity contribution in [1.29, 1.82) is 0 Å². The molecule has 0 spiro atoms. The number of rotatable bonds is 4. The molecule has 0 aliphatic heterocycles. The normalized spacial score (nSPS) is 14.7. The Kier molecular flexibility index (Phi) is 4.97. The van der Waals surface area contributed by atoms with Crippen LogP contribution in [-0.4, -0.2) is 30.6 Å².